The van der Waals surface area contributed by atoms with E-state index in [1.54, 1.807) is 12.1 Å². The fourth-order valence-corrected chi connectivity index (χ4v) is 5.72. The van der Waals surface area contributed by atoms with Crippen molar-refractivity contribution in [3.05, 3.63) is 64.7 Å². The molecule has 0 aromatic heterocycles. The van der Waals surface area contributed by atoms with E-state index in [0.717, 1.165) is 5.56 Å². The van der Waals surface area contributed by atoms with Gasteiger partial charge in [-0.15, -0.1) is 0 Å². The predicted molar refractivity (Wildman–Crippen MR) is 117 cm³/mol. The van der Waals surface area contributed by atoms with E-state index in [9.17, 15) is 14.4 Å². The molecule has 2 fully saturated rings. The second-order valence-corrected chi connectivity index (χ2v) is 9.96. The van der Waals surface area contributed by atoms with Gasteiger partial charge in [-0.25, -0.2) is 0 Å². The minimum absolute atomic E-state index is 0.226. The highest BCUT2D eigenvalue weighted by molar-refractivity contribution is 6.35. The topological polar surface area (TPSA) is 78.5 Å². The highest BCUT2D eigenvalue weighted by Gasteiger charge is 2.71. The lowest BCUT2D eigenvalue weighted by Gasteiger charge is -2.34. The van der Waals surface area contributed by atoms with Crippen LogP contribution in [0.4, 0.5) is 5.69 Å². The molecule has 3 heterocycles. The van der Waals surface area contributed by atoms with Crippen molar-refractivity contribution >= 4 is 35.0 Å². The first kappa shape index (κ1) is 20.2. The Kier molecular flexibility index (Phi) is 4.33. The summed E-state index contributed by atoms with van der Waals surface area (Å²) in [5.41, 5.74) is 0.179. The number of benzene rings is 2. The molecule has 3 amide bonds. The molecule has 6 nitrogen and oxygen atoms in total. The summed E-state index contributed by atoms with van der Waals surface area (Å²) in [6.45, 7) is 5.53. The SMILES string of the molecule is CC(C)(C)N1C(=O)[C@@H]2[C@H](Cc3ccccc3)N[C@@]3(C(=O)Nc4c(Cl)cccc43)[C@@H]2C1=O. The lowest BCUT2D eigenvalue weighted by molar-refractivity contribution is -0.147. The molecule has 0 radical (unpaired) electrons. The van der Waals surface area contributed by atoms with Crippen molar-refractivity contribution in [3.8, 4) is 0 Å². The average Bonchev–Trinajstić information content (AvgIpc) is 3.28. The molecule has 7 heteroatoms. The zero-order valence-corrected chi connectivity index (χ0v) is 18.4. The molecule has 0 unspecified atom stereocenters. The van der Waals surface area contributed by atoms with Gasteiger partial charge in [0.1, 0.15) is 5.54 Å². The molecule has 160 valence electrons. The third-order valence-electron chi connectivity index (χ3n) is 6.67. The van der Waals surface area contributed by atoms with E-state index in [4.69, 9.17) is 11.6 Å². The van der Waals surface area contributed by atoms with Gasteiger partial charge in [-0.3, -0.25) is 24.6 Å². The van der Waals surface area contributed by atoms with Gasteiger partial charge in [0.15, 0.2) is 0 Å². The zero-order chi connectivity index (χ0) is 22.1. The van der Waals surface area contributed by atoms with Crippen LogP contribution >= 0.6 is 11.6 Å². The summed E-state index contributed by atoms with van der Waals surface area (Å²) >= 11 is 6.37. The summed E-state index contributed by atoms with van der Waals surface area (Å²) in [5, 5.41) is 6.73. The number of imide groups is 1. The van der Waals surface area contributed by atoms with Crippen LogP contribution in [0.2, 0.25) is 5.02 Å². The highest BCUT2D eigenvalue weighted by atomic mass is 35.5. The molecule has 31 heavy (non-hydrogen) atoms. The molecule has 2 aromatic carbocycles. The van der Waals surface area contributed by atoms with E-state index in [0.29, 0.717) is 22.7 Å². The van der Waals surface area contributed by atoms with E-state index < -0.39 is 22.9 Å². The maximum absolute atomic E-state index is 13.7. The Morgan fingerprint density at radius 2 is 1.71 bits per heavy atom. The molecular weight excluding hydrogens is 414 g/mol. The van der Waals surface area contributed by atoms with E-state index in [1.807, 2.05) is 57.2 Å². The van der Waals surface area contributed by atoms with Crippen molar-refractivity contribution in [1.29, 1.82) is 0 Å². The Morgan fingerprint density at radius 1 is 1.00 bits per heavy atom. The largest absolute Gasteiger partial charge is 0.323 e. The lowest BCUT2D eigenvalue weighted by atomic mass is 9.76. The monoisotopic (exact) mass is 437 g/mol. The van der Waals surface area contributed by atoms with Crippen molar-refractivity contribution in [2.75, 3.05) is 5.32 Å². The van der Waals surface area contributed by atoms with Crippen molar-refractivity contribution in [3.63, 3.8) is 0 Å². The molecule has 2 aromatic rings. The summed E-state index contributed by atoms with van der Waals surface area (Å²) < 4.78 is 0. The number of para-hydroxylation sites is 1. The zero-order valence-electron chi connectivity index (χ0n) is 17.6. The number of hydrogen-bond acceptors (Lipinski definition) is 4. The fraction of sp³-hybridized carbons (Fsp3) is 0.375. The quantitative estimate of drug-likeness (QED) is 0.707. The summed E-state index contributed by atoms with van der Waals surface area (Å²) in [5.74, 6) is -2.34. The maximum Gasteiger partial charge on any atom is 0.250 e. The van der Waals surface area contributed by atoms with Gasteiger partial charge in [-0.1, -0.05) is 54.1 Å². The Hall–Kier alpha value is -2.70. The summed E-state index contributed by atoms with van der Waals surface area (Å²) in [6, 6.07) is 14.7. The number of carbonyl (C=O) groups is 3. The Labute approximate surface area is 185 Å². The van der Waals surface area contributed by atoms with Crippen LogP contribution in [0.1, 0.15) is 31.9 Å². The molecule has 3 aliphatic heterocycles. The molecule has 5 rings (SSSR count). The summed E-state index contributed by atoms with van der Waals surface area (Å²) in [7, 11) is 0. The predicted octanol–water partition coefficient (Wildman–Crippen LogP) is 3.10. The molecule has 0 bridgehead atoms. The second-order valence-electron chi connectivity index (χ2n) is 9.55. The maximum atomic E-state index is 13.7. The number of fused-ring (bicyclic) bond motifs is 4. The third-order valence-corrected chi connectivity index (χ3v) is 6.98. The number of nitrogens with one attached hydrogen (secondary N) is 2. The molecular formula is C24H24ClN3O3. The normalized spacial score (nSPS) is 29.5. The van der Waals surface area contributed by atoms with Crippen LogP contribution in [-0.4, -0.2) is 34.2 Å². The van der Waals surface area contributed by atoms with Gasteiger partial charge in [0.2, 0.25) is 17.7 Å². The van der Waals surface area contributed by atoms with Crippen LogP contribution in [0.15, 0.2) is 48.5 Å². The lowest BCUT2D eigenvalue weighted by Crippen LogP contribution is -2.56. The minimum atomic E-state index is -1.32. The van der Waals surface area contributed by atoms with Gasteiger partial charge in [-0.05, 0) is 38.8 Å². The minimum Gasteiger partial charge on any atom is -0.323 e. The van der Waals surface area contributed by atoms with Crippen LogP contribution in [0.5, 0.6) is 0 Å². The first-order valence-corrected chi connectivity index (χ1v) is 10.8. The van der Waals surface area contributed by atoms with Gasteiger partial charge in [0.25, 0.3) is 0 Å². The fourth-order valence-electron chi connectivity index (χ4n) is 5.50. The molecule has 0 saturated carbocycles. The van der Waals surface area contributed by atoms with Crippen molar-refractivity contribution in [2.45, 2.75) is 44.3 Å². The van der Waals surface area contributed by atoms with Gasteiger partial charge in [0.05, 0.1) is 22.5 Å². The number of carbonyl (C=O) groups excluding carboxylic acids is 3. The number of halogens is 1. The number of amides is 3. The van der Waals surface area contributed by atoms with Crippen molar-refractivity contribution < 1.29 is 14.4 Å². The van der Waals surface area contributed by atoms with Gasteiger partial charge in [0, 0.05) is 17.1 Å². The number of hydrogen-bond donors (Lipinski definition) is 2. The van der Waals surface area contributed by atoms with Crippen LogP contribution in [0.3, 0.4) is 0 Å². The molecule has 4 atom stereocenters. The Morgan fingerprint density at radius 3 is 2.39 bits per heavy atom. The van der Waals surface area contributed by atoms with E-state index in [1.165, 1.54) is 4.90 Å². The summed E-state index contributed by atoms with van der Waals surface area (Å²) in [4.78, 5) is 42.1. The van der Waals surface area contributed by atoms with E-state index in [-0.39, 0.29) is 23.8 Å². The number of rotatable bonds is 2. The van der Waals surface area contributed by atoms with Crippen LogP contribution in [-0.2, 0) is 26.3 Å². The van der Waals surface area contributed by atoms with Crippen LogP contribution < -0.4 is 10.6 Å². The van der Waals surface area contributed by atoms with Crippen LogP contribution in [0, 0.1) is 11.8 Å². The standard InChI is InChI=1S/C24H24ClN3O3/c1-23(2,3)28-20(29)17-16(12-13-8-5-4-6-9-13)27-24(18(17)21(28)30)14-10-7-11-15(25)19(14)26-22(24)31/h4-11,16-18,27H,12H2,1-3H3,(H,26,31)/t16-,17+,18-,24+/m0/s1. The van der Waals surface area contributed by atoms with E-state index in [2.05, 4.69) is 10.6 Å². The second kappa shape index (κ2) is 6.65. The highest BCUT2D eigenvalue weighted by Crippen LogP contribution is 2.55. The number of nitrogens with zero attached hydrogens (tertiary/aromatic N) is 1. The first-order chi connectivity index (χ1) is 14.7. The van der Waals surface area contributed by atoms with E-state index >= 15 is 0 Å². The molecule has 2 N–H and O–H groups in total. The first-order valence-electron chi connectivity index (χ1n) is 10.5. The smallest absolute Gasteiger partial charge is 0.250 e. The third kappa shape index (κ3) is 2.71. The van der Waals surface area contributed by atoms with Crippen molar-refractivity contribution in [1.82, 2.24) is 10.2 Å². The molecule has 1 spiro atoms. The number of likely N-dealkylation sites (tertiary alicyclic amines) is 1. The van der Waals surface area contributed by atoms with Crippen molar-refractivity contribution in [2.24, 2.45) is 11.8 Å². The molecule has 3 aliphatic rings. The Balaban J connectivity index is 1.68. The Bertz CT molecular complexity index is 1110. The molecule has 0 aliphatic carbocycles. The van der Waals surface area contributed by atoms with Gasteiger partial charge in [-0.2, -0.15) is 0 Å². The number of anilines is 1. The molecule has 2 saturated heterocycles. The average molecular weight is 438 g/mol. The summed E-state index contributed by atoms with van der Waals surface area (Å²) in [6.07, 6.45) is 0.532. The van der Waals surface area contributed by atoms with Crippen LogP contribution in [0.25, 0.3) is 0 Å². The van der Waals surface area contributed by atoms with Gasteiger partial charge >= 0.3 is 0 Å². The van der Waals surface area contributed by atoms with Gasteiger partial charge < -0.3 is 5.32 Å².